The quantitative estimate of drug-likeness (QED) is 0.866. The van der Waals surface area contributed by atoms with Gasteiger partial charge >= 0.3 is 6.03 Å². The van der Waals surface area contributed by atoms with Crippen LogP contribution in [-0.2, 0) is 11.2 Å². The molecule has 1 fully saturated rings. The molecule has 26 heavy (non-hydrogen) atoms. The second-order valence-electron chi connectivity index (χ2n) is 6.42. The number of carbonyl (C=O) groups excluding carboxylic acids is 2. The van der Waals surface area contributed by atoms with Gasteiger partial charge in [-0.05, 0) is 43.2 Å². The summed E-state index contributed by atoms with van der Waals surface area (Å²) in [5.41, 5.74) is 2.94. The molecule has 3 amide bonds. The summed E-state index contributed by atoms with van der Waals surface area (Å²) in [6, 6.07) is 13.8. The topological polar surface area (TPSA) is 52.6 Å². The average molecular weight is 355 g/mol. The highest BCUT2D eigenvalue weighted by molar-refractivity contribution is 5.96. The van der Waals surface area contributed by atoms with Crippen molar-refractivity contribution in [3.63, 3.8) is 0 Å². The Labute approximate surface area is 152 Å². The number of nitrogens with zero attached hydrogens (tertiary/aromatic N) is 2. The Hall–Kier alpha value is -2.89. The molecule has 136 valence electrons. The molecule has 1 saturated heterocycles. The predicted octanol–water partition coefficient (Wildman–Crippen LogP) is 2.74. The van der Waals surface area contributed by atoms with E-state index in [2.05, 4.69) is 5.32 Å². The van der Waals surface area contributed by atoms with E-state index in [1.165, 1.54) is 12.1 Å². The molecule has 0 unspecified atom stereocenters. The van der Waals surface area contributed by atoms with Crippen LogP contribution < -0.4 is 10.2 Å². The molecule has 0 radical (unpaired) electrons. The van der Waals surface area contributed by atoms with Crippen molar-refractivity contribution < 1.29 is 14.0 Å². The third-order valence-corrected chi connectivity index (χ3v) is 4.42. The molecule has 0 atom stereocenters. The van der Waals surface area contributed by atoms with Gasteiger partial charge in [0.2, 0.25) is 5.91 Å². The number of benzene rings is 2. The first-order valence-electron chi connectivity index (χ1n) is 8.67. The van der Waals surface area contributed by atoms with Gasteiger partial charge in [0, 0.05) is 25.3 Å². The molecule has 0 aromatic heterocycles. The van der Waals surface area contributed by atoms with E-state index in [9.17, 15) is 14.0 Å². The van der Waals surface area contributed by atoms with Crippen molar-refractivity contribution in [3.8, 4) is 0 Å². The number of halogens is 1. The van der Waals surface area contributed by atoms with Gasteiger partial charge in [-0.25, -0.2) is 9.18 Å². The highest BCUT2D eigenvalue weighted by atomic mass is 19.1. The van der Waals surface area contributed by atoms with Gasteiger partial charge in [0.25, 0.3) is 0 Å². The minimum absolute atomic E-state index is 0.0462. The van der Waals surface area contributed by atoms with Crippen molar-refractivity contribution in [1.29, 1.82) is 0 Å². The largest absolute Gasteiger partial charge is 0.354 e. The van der Waals surface area contributed by atoms with Gasteiger partial charge in [0.1, 0.15) is 12.4 Å². The normalized spacial score (nSPS) is 14.0. The van der Waals surface area contributed by atoms with Crippen LogP contribution in [0.4, 0.5) is 14.9 Å². The lowest BCUT2D eigenvalue weighted by atomic mass is 10.1. The van der Waals surface area contributed by atoms with Gasteiger partial charge in [-0.15, -0.1) is 0 Å². The Morgan fingerprint density at radius 3 is 2.46 bits per heavy atom. The van der Waals surface area contributed by atoms with Gasteiger partial charge in [-0.2, -0.15) is 0 Å². The Bertz CT molecular complexity index is 775. The number of urea groups is 1. The zero-order valence-electron chi connectivity index (χ0n) is 14.7. The number of nitrogens with one attached hydrogen (secondary N) is 1. The Balaban J connectivity index is 1.46. The molecule has 2 aromatic carbocycles. The molecule has 0 aliphatic carbocycles. The summed E-state index contributed by atoms with van der Waals surface area (Å²) in [7, 11) is 0. The van der Waals surface area contributed by atoms with E-state index in [0.29, 0.717) is 26.1 Å². The van der Waals surface area contributed by atoms with Crippen LogP contribution in [-0.4, -0.2) is 43.0 Å². The van der Waals surface area contributed by atoms with Crippen LogP contribution in [0.2, 0.25) is 0 Å². The molecule has 2 aromatic rings. The van der Waals surface area contributed by atoms with E-state index in [1.807, 2.05) is 31.2 Å². The Morgan fingerprint density at radius 2 is 1.77 bits per heavy atom. The number of hydrogen-bond donors (Lipinski definition) is 1. The first kappa shape index (κ1) is 17.9. The highest BCUT2D eigenvalue weighted by Crippen LogP contribution is 2.20. The van der Waals surface area contributed by atoms with Crippen LogP contribution in [0.5, 0.6) is 0 Å². The number of carbonyl (C=O) groups is 2. The zero-order chi connectivity index (χ0) is 18.5. The maximum absolute atomic E-state index is 12.9. The maximum atomic E-state index is 12.9. The number of anilines is 1. The summed E-state index contributed by atoms with van der Waals surface area (Å²) in [4.78, 5) is 27.8. The minimum atomic E-state index is -0.275. The predicted molar refractivity (Wildman–Crippen MR) is 98.6 cm³/mol. The van der Waals surface area contributed by atoms with Crippen molar-refractivity contribution >= 4 is 17.6 Å². The van der Waals surface area contributed by atoms with Crippen molar-refractivity contribution in [3.05, 3.63) is 65.5 Å². The van der Waals surface area contributed by atoms with Crippen LogP contribution in [0.3, 0.4) is 0 Å². The van der Waals surface area contributed by atoms with Crippen LogP contribution in [0.15, 0.2) is 48.5 Å². The van der Waals surface area contributed by atoms with Crippen molar-refractivity contribution in [1.82, 2.24) is 10.2 Å². The molecule has 0 spiro atoms. The lowest BCUT2D eigenvalue weighted by Gasteiger charge is -2.18. The number of amides is 3. The zero-order valence-corrected chi connectivity index (χ0v) is 14.7. The van der Waals surface area contributed by atoms with Crippen LogP contribution in [0, 0.1) is 12.7 Å². The fraction of sp³-hybridized carbons (Fsp3) is 0.300. The second kappa shape index (κ2) is 7.99. The summed E-state index contributed by atoms with van der Waals surface area (Å²) in [6.45, 7) is 3.60. The lowest BCUT2D eigenvalue weighted by molar-refractivity contribution is -0.121. The van der Waals surface area contributed by atoms with E-state index in [-0.39, 0.29) is 24.3 Å². The number of hydrogen-bond acceptors (Lipinski definition) is 2. The molecule has 1 aliphatic heterocycles. The fourth-order valence-corrected chi connectivity index (χ4v) is 2.92. The van der Waals surface area contributed by atoms with Gasteiger partial charge in [0.05, 0.1) is 0 Å². The average Bonchev–Trinajstić information content (AvgIpc) is 2.98. The van der Waals surface area contributed by atoms with E-state index in [1.54, 1.807) is 21.9 Å². The monoisotopic (exact) mass is 355 g/mol. The van der Waals surface area contributed by atoms with E-state index < -0.39 is 0 Å². The van der Waals surface area contributed by atoms with E-state index >= 15 is 0 Å². The van der Waals surface area contributed by atoms with Gasteiger partial charge < -0.3 is 10.2 Å². The molecular weight excluding hydrogens is 333 g/mol. The molecule has 1 N–H and O–H groups in total. The molecule has 1 heterocycles. The fourth-order valence-electron chi connectivity index (χ4n) is 2.92. The third kappa shape index (κ3) is 4.39. The summed E-state index contributed by atoms with van der Waals surface area (Å²) in [5, 5.41) is 2.81. The molecule has 0 bridgehead atoms. The standard InChI is InChI=1S/C20H22FN3O2/c1-15-2-8-18(9-3-15)24-13-12-23(20(24)26)14-19(25)22-11-10-16-4-6-17(21)7-5-16/h2-9H,10-14H2,1H3,(H,22,25). The summed E-state index contributed by atoms with van der Waals surface area (Å²) in [5.74, 6) is -0.463. The molecule has 5 nitrogen and oxygen atoms in total. The first-order chi connectivity index (χ1) is 12.5. The smallest absolute Gasteiger partial charge is 0.325 e. The maximum Gasteiger partial charge on any atom is 0.325 e. The van der Waals surface area contributed by atoms with Crippen molar-refractivity contribution in [2.75, 3.05) is 31.1 Å². The molecule has 1 aliphatic rings. The summed E-state index contributed by atoms with van der Waals surface area (Å²) >= 11 is 0. The lowest BCUT2D eigenvalue weighted by Crippen LogP contribution is -2.40. The first-order valence-corrected chi connectivity index (χ1v) is 8.67. The van der Waals surface area contributed by atoms with Crippen LogP contribution >= 0.6 is 0 Å². The minimum Gasteiger partial charge on any atom is -0.354 e. The third-order valence-electron chi connectivity index (χ3n) is 4.42. The molecular formula is C20H22FN3O2. The van der Waals surface area contributed by atoms with Crippen LogP contribution in [0.25, 0.3) is 0 Å². The van der Waals surface area contributed by atoms with E-state index in [0.717, 1.165) is 16.8 Å². The van der Waals surface area contributed by atoms with E-state index in [4.69, 9.17) is 0 Å². The Morgan fingerprint density at radius 1 is 1.08 bits per heavy atom. The molecule has 0 saturated carbocycles. The molecule has 6 heteroatoms. The van der Waals surface area contributed by atoms with Gasteiger partial charge in [0.15, 0.2) is 0 Å². The van der Waals surface area contributed by atoms with Crippen LogP contribution in [0.1, 0.15) is 11.1 Å². The Kier molecular flexibility index (Phi) is 5.51. The van der Waals surface area contributed by atoms with Gasteiger partial charge in [-0.1, -0.05) is 29.8 Å². The van der Waals surface area contributed by atoms with Crippen molar-refractivity contribution in [2.45, 2.75) is 13.3 Å². The number of aryl methyl sites for hydroxylation is 1. The highest BCUT2D eigenvalue weighted by Gasteiger charge is 2.30. The molecule has 3 rings (SSSR count). The summed E-state index contributed by atoms with van der Waals surface area (Å²) < 4.78 is 12.9. The SMILES string of the molecule is Cc1ccc(N2CCN(CC(=O)NCCc3ccc(F)cc3)C2=O)cc1. The van der Waals surface area contributed by atoms with Crippen molar-refractivity contribution in [2.24, 2.45) is 0 Å². The second-order valence-corrected chi connectivity index (χ2v) is 6.42. The summed E-state index contributed by atoms with van der Waals surface area (Å²) in [6.07, 6.45) is 0.620. The number of rotatable bonds is 6. The van der Waals surface area contributed by atoms with Gasteiger partial charge in [-0.3, -0.25) is 9.69 Å².